The minimum absolute atomic E-state index is 0.209. The Hall–Kier alpha value is -1.82. The Morgan fingerprint density at radius 2 is 1.88 bits per heavy atom. The predicted octanol–water partition coefficient (Wildman–Crippen LogP) is 3.50. The van der Waals surface area contributed by atoms with E-state index in [4.69, 9.17) is 4.98 Å². The highest BCUT2D eigenvalue weighted by Crippen LogP contribution is 2.40. The molecule has 1 saturated carbocycles. The standard InChI is InChI=1S/C19H24N4OS/c1-14-9-11-22(12-10-14)17(24)13-25-19-20-18(15-7-8-15)23(21-19)16-5-3-2-4-6-16/h2-6,14-15H,7-13H2,1H3. The average molecular weight is 356 g/mol. The van der Waals surface area contributed by atoms with Gasteiger partial charge in [0.2, 0.25) is 11.1 Å². The van der Waals surface area contributed by atoms with Gasteiger partial charge in [0.1, 0.15) is 5.82 Å². The smallest absolute Gasteiger partial charge is 0.233 e. The summed E-state index contributed by atoms with van der Waals surface area (Å²) in [6.07, 6.45) is 4.59. The van der Waals surface area contributed by atoms with Crippen LogP contribution in [-0.2, 0) is 4.79 Å². The third-order valence-electron chi connectivity index (χ3n) is 5.02. The van der Waals surface area contributed by atoms with Crippen molar-refractivity contribution in [3.63, 3.8) is 0 Å². The zero-order valence-electron chi connectivity index (χ0n) is 14.6. The quantitative estimate of drug-likeness (QED) is 0.770. The molecule has 2 aromatic rings. The van der Waals surface area contributed by atoms with Crippen molar-refractivity contribution in [2.45, 2.75) is 43.7 Å². The van der Waals surface area contributed by atoms with Crippen LogP contribution >= 0.6 is 11.8 Å². The lowest BCUT2D eigenvalue weighted by Gasteiger charge is -2.30. The molecule has 2 fully saturated rings. The van der Waals surface area contributed by atoms with Crippen molar-refractivity contribution in [3.8, 4) is 5.69 Å². The first-order valence-electron chi connectivity index (χ1n) is 9.13. The molecule has 0 atom stereocenters. The van der Waals surface area contributed by atoms with E-state index in [0.29, 0.717) is 16.8 Å². The van der Waals surface area contributed by atoms with Crippen molar-refractivity contribution in [1.29, 1.82) is 0 Å². The Labute approximate surface area is 152 Å². The minimum atomic E-state index is 0.209. The molecule has 0 N–H and O–H groups in total. The Morgan fingerprint density at radius 3 is 2.56 bits per heavy atom. The number of amides is 1. The average Bonchev–Trinajstić information content (AvgIpc) is 3.40. The molecule has 5 nitrogen and oxygen atoms in total. The van der Waals surface area contributed by atoms with E-state index in [9.17, 15) is 4.79 Å². The molecule has 0 spiro atoms. The minimum Gasteiger partial charge on any atom is -0.342 e. The van der Waals surface area contributed by atoms with Gasteiger partial charge in [0, 0.05) is 19.0 Å². The second-order valence-electron chi connectivity index (χ2n) is 7.13. The number of piperidine rings is 1. The molecule has 1 amide bonds. The van der Waals surface area contributed by atoms with Crippen LogP contribution in [0.15, 0.2) is 35.5 Å². The molecule has 0 radical (unpaired) electrons. The van der Waals surface area contributed by atoms with E-state index in [1.807, 2.05) is 27.8 Å². The number of para-hydroxylation sites is 1. The number of carbonyl (C=O) groups is 1. The summed E-state index contributed by atoms with van der Waals surface area (Å²) in [4.78, 5) is 19.1. The fourth-order valence-corrected chi connectivity index (χ4v) is 3.94. The number of hydrogen-bond acceptors (Lipinski definition) is 4. The van der Waals surface area contributed by atoms with Gasteiger partial charge in [0.25, 0.3) is 0 Å². The van der Waals surface area contributed by atoms with Crippen LogP contribution < -0.4 is 0 Å². The van der Waals surface area contributed by atoms with Crippen molar-refractivity contribution < 1.29 is 4.79 Å². The van der Waals surface area contributed by atoms with Crippen LogP contribution in [0.2, 0.25) is 0 Å². The summed E-state index contributed by atoms with van der Waals surface area (Å²) in [7, 11) is 0. The van der Waals surface area contributed by atoms with E-state index in [0.717, 1.165) is 43.4 Å². The second kappa shape index (κ2) is 7.20. The van der Waals surface area contributed by atoms with E-state index in [1.165, 1.54) is 24.6 Å². The Balaban J connectivity index is 1.43. The van der Waals surface area contributed by atoms with Crippen LogP contribution in [0.1, 0.15) is 44.3 Å². The van der Waals surface area contributed by atoms with Gasteiger partial charge >= 0.3 is 0 Å². The third-order valence-corrected chi connectivity index (χ3v) is 5.84. The van der Waals surface area contributed by atoms with Gasteiger partial charge in [-0.3, -0.25) is 4.79 Å². The van der Waals surface area contributed by atoms with Crippen LogP contribution in [0.3, 0.4) is 0 Å². The summed E-state index contributed by atoms with van der Waals surface area (Å²) in [6, 6.07) is 10.1. The van der Waals surface area contributed by atoms with Crippen LogP contribution in [-0.4, -0.2) is 44.4 Å². The number of thioether (sulfide) groups is 1. The molecule has 1 aromatic carbocycles. The monoisotopic (exact) mass is 356 g/mol. The molecule has 6 heteroatoms. The SMILES string of the molecule is CC1CCN(C(=O)CSc2nc(C3CC3)n(-c3ccccc3)n2)CC1. The van der Waals surface area contributed by atoms with Gasteiger partial charge in [-0.25, -0.2) is 9.67 Å². The molecule has 1 aliphatic carbocycles. The summed E-state index contributed by atoms with van der Waals surface area (Å²) >= 11 is 1.46. The largest absolute Gasteiger partial charge is 0.342 e. The molecular weight excluding hydrogens is 332 g/mol. The number of aromatic nitrogens is 3. The van der Waals surface area contributed by atoms with Crippen LogP contribution in [0.5, 0.6) is 0 Å². The van der Waals surface area contributed by atoms with Crippen molar-refractivity contribution in [3.05, 3.63) is 36.2 Å². The number of likely N-dealkylation sites (tertiary alicyclic amines) is 1. The van der Waals surface area contributed by atoms with Gasteiger partial charge in [-0.15, -0.1) is 5.10 Å². The molecule has 2 heterocycles. The van der Waals surface area contributed by atoms with Crippen molar-refractivity contribution in [2.75, 3.05) is 18.8 Å². The molecule has 1 saturated heterocycles. The van der Waals surface area contributed by atoms with Gasteiger partial charge in [-0.1, -0.05) is 36.9 Å². The van der Waals surface area contributed by atoms with E-state index in [-0.39, 0.29) is 5.91 Å². The second-order valence-corrected chi connectivity index (χ2v) is 8.07. The van der Waals surface area contributed by atoms with E-state index < -0.39 is 0 Å². The lowest BCUT2D eigenvalue weighted by Crippen LogP contribution is -2.38. The van der Waals surface area contributed by atoms with Gasteiger partial charge in [-0.2, -0.15) is 0 Å². The first kappa shape index (κ1) is 16.6. The summed E-state index contributed by atoms with van der Waals surface area (Å²) in [6.45, 7) is 4.04. The number of hydrogen-bond donors (Lipinski definition) is 0. The summed E-state index contributed by atoms with van der Waals surface area (Å²) in [5.41, 5.74) is 1.04. The van der Waals surface area contributed by atoms with Crippen molar-refractivity contribution in [1.82, 2.24) is 19.7 Å². The molecule has 4 rings (SSSR count). The molecular formula is C19H24N4OS. The Kier molecular flexibility index (Phi) is 4.79. The fourth-order valence-electron chi connectivity index (χ4n) is 3.21. The predicted molar refractivity (Wildman–Crippen MR) is 99.0 cm³/mol. The number of rotatable bonds is 5. The highest BCUT2D eigenvalue weighted by Gasteiger charge is 2.30. The molecule has 0 unspecified atom stereocenters. The zero-order chi connectivity index (χ0) is 17.2. The van der Waals surface area contributed by atoms with Gasteiger partial charge in [0.15, 0.2) is 0 Å². The van der Waals surface area contributed by atoms with Gasteiger partial charge in [-0.05, 0) is 43.7 Å². The first-order valence-corrected chi connectivity index (χ1v) is 10.1. The van der Waals surface area contributed by atoms with E-state index in [2.05, 4.69) is 24.2 Å². The number of nitrogens with zero attached hydrogens (tertiary/aromatic N) is 4. The normalized spacial score (nSPS) is 18.5. The van der Waals surface area contributed by atoms with Crippen LogP contribution in [0.25, 0.3) is 5.69 Å². The Morgan fingerprint density at radius 1 is 1.16 bits per heavy atom. The summed E-state index contributed by atoms with van der Waals surface area (Å²) in [5.74, 6) is 2.92. The lowest BCUT2D eigenvalue weighted by atomic mass is 9.99. The van der Waals surface area contributed by atoms with E-state index in [1.54, 1.807) is 0 Å². The molecule has 0 bridgehead atoms. The van der Waals surface area contributed by atoms with Crippen molar-refractivity contribution >= 4 is 17.7 Å². The topological polar surface area (TPSA) is 51.0 Å². The zero-order valence-corrected chi connectivity index (χ0v) is 15.4. The summed E-state index contributed by atoms with van der Waals surface area (Å²) in [5, 5.41) is 5.38. The maximum atomic E-state index is 12.4. The van der Waals surface area contributed by atoms with Crippen molar-refractivity contribution in [2.24, 2.45) is 5.92 Å². The fraction of sp³-hybridized carbons (Fsp3) is 0.526. The van der Waals surface area contributed by atoms with Crippen LogP contribution in [0.4, 0.5) is 0 Å². The third kappa shape index (κ3) is 3.89. The molecule has 2 aliphatic rings. The number of carbonyl (C=O) groups excluding carboxylic acids is 1. The molecule has 1 aliphatic heterocycles. The highest BCUT2D eigenvalue weighted by atomic mass is 32.2. The van der Waals surface area contributed by atoms with Gasteiger partial charge < -0.3 is 4.90 Å². The lowest BCUT2D eigenvalue weighted by molar-refractivity contribution is -0.129. The Bertz CT molecular complexity index is 733. The first-order chi connectivity index (χ1) is 12.2. The molecule has 25 heavy (non-hydrogen) atoms. The highest BCUT2D eigenvalue weighted by molar-refractivity contribution is 7.99. The van der Waals surface area contributed by atoms with Gasteiger partial charge in [0.05, 0.1) is 11.4 Å². The summed E-state index contributed by atoms with van der Waals surface area (Å²) < 4.78 is 1.95. The molecule has 1 aromatic heterocycles. The van der Waals surface area contributed by atoms with E-state index >= 15 is 0 Å². The van der Waals surface area contributed by atoms with Crippen LogP contribution in [0, 0.1) is 5.92 Å². The molecule has 132 valence electrons. The number of benzene rings is 1. The maximum Gasteiger partial charge on any atom is 0.233 e. The maximum absolute atomic E-state index is 12.4.